The summed E-state index contributed by atoms with van der Waals surface area (Å²) in [6.07, 6.45) is 0.737. The van der Waals surface area contributed by atoms with E-state index in [0.717, 1.165) is 30.0 Å². The lowest BCUT2D eigenvalue weighted by atomic mass is 10.0. The summed E-state index contributed by atoms with van der Waals surface area (Å²) in [6.45, 7) is 8.74. The number of carbonyl (C=O) groups excluding carboxylic acids is 2. The van der Waals surface area contributed by atoms with Crippen LogP contribution in [0.1, 0.15) is 45.0 Å². The summed E-state index contributed by atoms with van der Waals surface area (Å²) in [7, 11) is -0.788. The van der Waals surface area contributed by atoms with Crippen molar-refractivity contribution in [3.8, 4) is 0 Å². The second kappa shape index (κ2) is 14.2. The second-order valence-electron chi connectivity index (χ2n) is 10.3. The molecule has 2 amide bonds. The van der Waals surface area contributed by atoms with Crippen molar-refractivity contribution >= 4 is 38.2 Å². The number of ether oxygens (including phenoxy) is 3. The van der Waals surface area contributed by atoms with Gasteiger partial charge in [-0.25, -0.2) is 8.42 Å². The van der Waals surface area contributed by atoms with Crippen molar-refractivity contribution in [1.82, 2.24) is 14.1 Å². The van der Waals surface area contributed by atoms with E-state index < -0.39 is 15.9 Å². The maximum absolute atomic E-state index is 13.7. The first-order valence-electron chi connectivity index (χ1n) is 13.8. The van der Waals surface area contributed by atoms with Gasteiger partial charge in [0.2, 0.25) is 10.0 Å². The predicted molar refractivity (Wildman–Crippen MR) is 157 cm³/mol. The highest BCUT2D eigenvalue weighted by atomic mass is 32.2. The van der Waals surface area contributed by atoms with Crippen LogP contribution in [0.25, 0.3) is 0 Å². The van der Waals surface area contributed by atoms with Gasteiger partial charge >= 0.3 is 0 Å². The number of methoxy groups -OCH3 is 2. The van der Waals surface area contributed by atoms with Crippen LogP contribution in [0.15, 0.2) is 29.2 Å². The van der Waals surface area contributed by atoms with Crippen molar-refractivity contribution in [3.63, 3.8) is 0 Å². The fourth-order valence-corrected chi connectivity index (χ4v) is 7.61. The van der Waals surface area contributed by atoms with Gasteiger partial charge < -0.3 is 24.4 Å². The molecule has 0 unspecified atom stereocenters. The molecular weight excluding hydrogens is 568 g/mol. The third-order valence-corrected chi connectivity index (χ3v) is 10.4. The van der Waals surface area contributed by atoms with Crippen molar-refractivity contribution in [2.45, 2.75) is 37.8 Å². The molecule has 4 rings (SSSR count). The quantitative estimate of drug-likeness (QED) is 0.391. The number of hydrogen-bond donors (Lipinski definition) is 1. The lowest BCUT2D eigenvalue weighted by Crippen LogP contribution is -2.41. The first-order chi connectivity index (χ1) is 19.7. The van der Waals surface area contributed by atoms with Gasteiger partial charge in [-0.3, -0.25) is 14.5 Å². The van der Waals surface area contributed by atoms with E-state index in [0.29, 0.717) is 48.5 Å². The van der Waals surface area contributed by atoms with Crippen molar-refractivity contribution in [3.05, 3.63) is 45.8 Å². The lowest BCUT2D eigenvalue weighted by Gasteiger charge is -2.31. The Morgan fingerprint density at radius 2 is 1.68 bits per heavy atom. The Morgan fingerprint density at radius 1 is 1.05 bits per heavy atom. The molecular formula is C28H40N4O7S2. The van der Waals surface area contributed by atoms with Gasteiger partial charge in [-0.2, -0.15) is 4.31 Å². The predicted octanol–water partition coefficient (Wildman–Crippen LogP) is 2.52. The van der Waals surface area contributed by atoms with Gasteiger partial charge in [0, 0.05) is 70.0 Å². The molecule has 0 bridgehead atoms. The third kappa shape index (κ3) is 7.34. The largest absolute Gasteiger partial charge is 0.383 e. The first-order valence-corrected chi connectivity index (χ1v) is 16.1. The molecule has 3 heterocycles. The van der Waals surface area contributed by atoms with Crippen LogP contribution in [0.5, 0.6) is 0 Å². The van der Waals surface area contributed by atoms with E-state index >= 15 is 0 Å². The lowest BCUT2D eigenvalue weighted by molar-refractivity contribution is 0.0302. The van der Waals surface area contributed by atoms with Crippen LogP contribution in [0.2, 0.25) is 0 Å². The molecule has 41 heavy (non-hydrogen) atoms. The highest BCUT2D eigenvalue weighted by Crippen LogP contribution is 2.38. The van der Waals surface area contributed by atoms with E-state index in [1.54, 1.807) is 4.90 Å². The molecule has 1 fully saturated rings. The molecule has 1 saturated heterocycles. The standard InChI is InChI=1S/C28H40N4O7S2/c1-20(2)31-10-9-23-24(19-31)40-27(25(23)28(34)30-11-17-39-18-12-30)29-26(33)21-5-7-22(8-6-21)41(35,36)32(13-15-37-3)14-16-38-4/h5-8,20H,9-19H2,1-4H3,(H,29,33). The molecule has 2 aromatic rings. The van der Waals surface area contributed by atoms with Crippen LogP contribution < -0.4 is 5.32 Å². The number of nitrogens with zero attached hydrogens (tertiary/aromatic N) is 3. The number of rotatable bonds is 12. The number of benzene rings is 1. The van der Waals surface area contributed by atoms with Crippen molar-refractivity contribution < 1.29 is 32.2 Å². The van der Waals surface area contributed by atoms with Gasteiger partial charge in [-0.15, -0.1) is 11.3 Å². The zero-order chi connectivity index (χ0) is 29.6. The van der Waals surface area contributed by atoms with Crippen LogP contribution in [0.4, 0.5) is 5.00 Å². The van der Waals surface area contributed by atoms with Crippen LogP contribution in [-0.4, -0.2) is 114 Å². The number of amides is 2. The molecule has 0 radical (unpaired) electrons. The summed E-state index contributed by atoms with van der Waals surface area (Å²) < 4.78 is 43.3. The van der Waals surface area contributed by atoms with E-state index in [2.05, 4.69) is 24.1 Å². The molecule has 2 aliphatic heterocycles. The van der Waals surface area contributed by atoms with Gasteiger partial charge in [0.15, 0.2) is 0 Å². The average molecular weight is 609 g/mol. The molecule has 1 N–H and O–H groups in total. The molecule has 13 heteroatoms. The molecule has 226 valence electrons. The maximum atomic E-state index is 13.7. The molecule has 1 aromatic carbocycles. The van der Waals surface area contributed by atoms with Crippen LogP contribution >= 0.6 is 11.3 Å². The first kappa shape index (κ1) is 31.5. The molecule has 2 aliphatic rings. The van der Waals surface area contributed by atoms with Gasteiger partial charge in [-0.1, -0.05) is 0 Å². The maximum Gasteiger partial charge on any atom is 0.257 e. The van der Waals surface area contributed by atoms with Crippen LogP contribution in [-0.2, 0) is 37.2 Å². The number of nitrogens with one attached hydrogen (secondary N) is 1. The highest BCUT2D eigenvalue weighted by molar-refractivity contribution is 7.89. The van der Waals surface area contributed by atoms with E-state index in [4.69, 9.17) is 14.2 Å². The summed E-state index contributed by atoms with van der Waals surface area (Å²) in [4.78, 5) is 32.4. The normalized spacial score (nSPS) is 16.3. The minimum absolute atomic E-state index is 0.0739. The van der Waals surface area contributed by atoms with Crippen molar-refractivity contribution in [2.75, 3.05) is 78.7 Å². The van der Waals surface area contributed by atoms with Gasteiger partial charge in [-0.05, 0) is 50.1 Å². The van der Waals surface area contributed by atoms with Gasteiger partial charge in [0.25, 0.3) is 11.8 Å². The van der Waals surface area contributed by atoms with E-state index in [1.165, 1.54) is 54.1 Å². The Labute approximate surface area is 246 Å². The fraction of sp³-hybridized carbons (Fsp3) is 0.571. The average Bonchev–Trinajstić information content (AvgIpc) is 3.34. The second-order valence-corrected chi connectivity index (χ2v) is 13.3. The zero-order valence-electron chi connectivity index (χ0n) is 24.2. The molecule has 0 spiro atoms. The Bertz CT molecular complexity index is 1300. The van der Waals surface area contributed by atoms with E-state index in [1.807, 2.05) is 0 Å². The monoisotopic (exact) mass is 608 g/mol. The fourth-order valence-electron chi connectivity index (χ4n) is 4.94. The number of hydrogen-bond acceptors (Lipinski definition) is 9. The number of sulfonamides is 1. The molecule has 0 aliphatic carbocycles. The number of fused-ring (bicyclic) bond motifs is 1. The highest BCUT2D eigenvalue weighted by Gasteiger charge is 2.32. The summed E-state index contributed by atoms with van der Waals surface area (Å²) in [5.74, 6) is -0.493. The number of morpholine rings is 1. The summed E-state index contributed by atoms with van der Waals surface area (Å²) >= 11 is 1.45. The topological polar surface area (TPSA) is 118 Å². The van der Waals surface area contributed by atoms with Gasteiger partial charge in [0.1, 0.15) is 5.00 Å². The van der Waals surface area contributed by atoms with Crippen LogP contribution in [0, 0.1) is 0 Å². The van der Waals surface area contributed by atoms with E-state index in [9.17, 15) is 18.0 Å². The number of anilines is 1. The van der Waals surface area contributed by atoms with Crippen molar-refractivity contribution in [1.29, 1.82) is 0 Å². The minimum atomic E-state index is -3.81. The van der Waals surface area contributed by atoms with Crippen molar-refractivity contribution in [2.24, 2.45) is 0 Å². The van der Waals surface area contributed by atoms with Crippen LogP contribution in [0.3, 0.4) is 0 Å². The summed E-state index contributed by atoms with van der Waals surface area (Å²) in [6, 6.07) is 6.21. The minimum Gasteiger partial charge on any atom is -0.383 e. The van der Waals surface area contributed by atoms with Gasteiger partial charge in [0.05, 0.1) is 36.9 Å². The zero-order valence-corrected chi connectivity index (χ0v) is 25.8. The third-order valence-electron chi connectivity index (χ3n) is 7.40. The van der Waals surface area contributed by atoms with E-state index in [-0.39, 0.29) is 37.1 Å². The Kier molecular flexibility index (Phi) is 10.9. The Hall–Kier alpha value is -2.39. The molecule has 1 aromatic heterocycles. The molecule has 11 nitrogen and oxygen atoms in total. The molecule has 0 saturated carbocycles. The SMILES string of the molecule is COCCN(CCOC)S(=O)(=O)c1ccc(C(=O)Nc2sc3c(c2C(=O)N2CCOCC2)CCN(C(C)C)C3)cc1. The Balaban J connectivity index is 1.57. The summed E-state index contributed by atoms with van der Waals surface area (Å²) in [5, 5.41) is 3.51. The summed E-state index contributed by atoms with van der Waals surface area (Å²) in [5.41, 5.74) is 1.87. The number of carbonyl (C=O) groups is 2. The molecule has 0 atom stereocenters. The number of thiophene rings is 1. The smallest absolute Gasteiger partial charge is 0.257 e. The Morgan fingerprint density at radius 3 is 2.27 bits per heavy atom.